The number of hydrogen-bond donors (Lipinski definition) is 3. The minimum absolute atomic E-state index is 0. The van der Waals surface area contributed by atoms with E-state index in [1.54, 1.807) is 17.5 Å². The molecule has 1 fully saturated rings. The van der Waals surface area contributed by atoms with Crippen LogP contribution in [0.2, 0.25) is 0 Å². The number of hydrogen-bond acceptors (Lipinski definition) is 5. The summed E-state index contributed by atoms with van der Waals surface area (Å²) in [5, 5.41) is 8.08. The highest BCUT2D eigenvalue weighted by Gasteiger charge is 2.14. The SMILES string of the molecule is CCNC(=NCCCOC1CCCCC1)NCCNS(=O)(=O)c1cccs1.I. The number of aliphatic imine (C=N–C) groups is 1. The molecular weight excluding hydrogens is 511 g/mol. The lowest BCUT2D eigenvalue weighted by atomic mass is 9.98. The van der Waals surface area contributed by atoms with Crippen molar-refractivity contribution >= 4 is 51.3 Å². The van der Waals surface area contributed by atoms with Crippen molar-refractivity contribution in [2.45, 2.75) is 55.8 Å². The van der Waals surface area contributed by atoms with Crippen molar-refractivity contribution in [3.8, 4) is 0 Å². The number of guanidine groups is 1. The first-order valence-electron chi connectivity index (χ1n) is 9.79. The van der Waals surface area contributed by atoms with Gasteiger partial charge in [-0.1, -0.05) is 25.3 Å². The molecular formula is C18H33IN4O3S2. The van der Waals surface area contributed by atoms with Crippen molar-refractivity contribution in [2.75, 3.05) is 32.8 Å². The highest BCUT2D eigenvalue weighted by molar-refractivity contribution is 14.0. The summed E-state index contributed by atoms with van der Waals surface area (Å²) in [5.74, 6) is 0.700. The third-order valence-electron chi connectivity index (χ3n) is 4.29. The van der Waals surface area contributed by atoms with Gasteiger partial charge >= 0.3 is 0 Å². The normalized spacial score (nSPS) is 15.8. The zero-order valence-corrected chi connectivity index (χ0v) is 20.4. The highest BCUT2D eigenvalue weighted by Crippen LogP contribution is 2.20. The molecule has 0 aliphatic heterocycles. The molecule has 162 valence electrons. The Labute approximate surface area is 190 Å². The lowest BCUT2D eigenvalue weighted by Crippen LogP contribution is -2.41. The Balaban J connectivity index is 0.00000392. The molecule has 2 rings (SSSR count). The van der Waals surface area contributed by atoms with Crippen molar-refractivity contribution in [1.82, 2.24) is 15.4 Å². The molecule has 1 aromatic heterocycles. The molecule has 0 aromatic carbocycles. The van der Waals surface area contributed by atoms with Crippen LogP contribution in [0.3, 0.4) is 0 Å². The van der Waals surface area contributed by atoms with Gasteiger partial charge in [0, 0.05) is 32.8 Å². The van der Waals surface area contributed by atoms with Gasteiger partial charge in [-0.05, 0) is 37.6 Å². The third-order valence-corrected chi connectivity index (χ3v) is 7.15. The van der Waals surface area contributed by atoms with E-state index >= 15 is 0 Å². The molecule has 0 bridgehead atoms. The standard InChI is InChI=1S/C18H32N4O3S2.HI/c1-2-19-18(20-11-7-14-25-16-8-4-3-5-9-16)21-12-13-22-27(23,24)17-10-6-15-26-17;/h6,10,15-16,22H,2-5,7-9,11-14H2,1H3,(H2,19,20,21);1H. The summed E-state index contributed by atoms with van der Waals surface area (Å²) in [4.78, 5) is 4.52. The van der Waals surface area contributed by atoms with Crippen LogP contribution in [-0.2, 0) is 14.8 Å². The van der Waals surface area contributed by atoms with Gasteiger partial charge in [0.2, 0.25) is 10.0 Å². The number of rotatable bonds is 11. The molecule has 1 aliphatic rings. The van der Waals surface area contributed by atoms with E-state index in [1.165, 1.54) is 43.4 Å². The smallest absolute Gasteiger partial charge is 0.250 e. The molecule has 0 atom stereocenters. The van der Waals surface area contributed by atoms with Gasteiger partial charge < -0.3 is 15.4 Å². The van der Waals surface area contributed by atoms with Crippen LogP contribution >= 0.6 is 35.3 Å². The second-order valence-corrected chi connectivity index (χ2v) is 9.44. The monoisotopic (exact) mass is 544 g/mol. The number of sulfonamides is 1. The van der Waals surface area contributed by atoms with Crippen molar-refractivity contribution < 1.29 is 13.2 Å². The van der Waals surface area contributed by atoms with E-state index < -0.39 is 10.0 Å². The summed E-state index contributed by atoms with van der Waals surface area (Å²) >= 11 is 1.21. The average molecular weight is 545 g/mol. The molecule has 1 heterocycles. The maximum absolute atomic E-state index is 12.0. The zero-order valence-electron chi connectivity index (χ0n) is 16.5. The summed E-state index contributed by atoms with van der Waals surface area (Å²) in [6.07, 6.45) is 7.61. The fourth-order valence-corrected chi connectivity index (χ4v) is 5.00. The van der Waals surface area contributed by atoms with E-state index in [1.807, 2.05) is 6.92 Å². The van der Waals surface area contributed by atoms with Crippen molar-refractivity contribution in [3.63, 3.8) is 0 Å². The van der Waals surface area contributed by atoms with E-state index in [0.717, 1.165) is 19.6 Å². The highest BCUT2D eigenvalue weighted by atomic mass is 127. The molecule has 0 radical (unpaired) electrons. The lowest BCUT2D eigenvalue weighted by Gasteiger charge is -2.21. The largest absolute Gasteiger partial charge is 0.378 e. The number of ether oxygens (including phenoxy) is 1. The summed E-state index contributed by atoms with van der Waals surface area (Å²) in [6, 6.07) is 3.33. The van der Waals surface area contributed by atoms with Crippen LogP contribution in [-0.4, -0.2) is 53.3 Å². The van der Waals surface area contributed by atoms with Crippen LogP contribution in [0, 0.1) is 0 Å². The number of thiophene rings is 1. The molecule has 3 N–H and O–H groups in total. The topological polar surface area (TPSA) is 91.8 Å². The Morgan fingerprint density at radius 2 is 2.04 bits per heavy atom. The second-order valence-electron chi connectivity index (χ2n) is 6.50. The van der Waals surface area contributed by atoms with Crippen molar-refractivity contribution in [3.05, 3.63) is 17.5 Å². The van der Waals surface area contributed by atoms with Crippen LogP contribution in [0.1, 0.15) is 45.4 Å². The quantitative estimate of drug-likeness (QED) is 0.173. The van der Waals surface area contributed by atoms with E-state index in [2.05, 4.69) is 20.3 Å². The van der Waals surface area contributed by atoms with Crippen LogP contribution in [0.25, 0.3) is 0 Å². The van der Waals surface area contributed by atoms with Gasteiger partial charge in [-0.3, -0.25) is 4.99 Å². The van der Waals surface area contributed by atoms with Crippen LogP contribution in [0.15, 0.2) is 26.7 Å². The number of nitrogens with zero attached hydrogens (tertiary/aromatic N) is 1. The van der Waals surface area contributed by atoms with Gasteiger partial charge in [0.25, 0.3) is 0 Å². The molecule has 0 spiro atoms. The summed E-state index contributed by atoms with van der Waals surface area (Å²) in [6.45, 7) is 4.95. The predicted octanol–water partition coefficient (Wildman–Crippen LogP) is 2.94. The first-order chi connectivity index (χ1) is 13.1. The van der Waals surface area contributed by atoms with Gasteiger partial charge in [-0.2, -0.15) is 0 Å². The van der Waals surface area contributed by atoms with Crippen LogP contribution in [0.5, 0.6) is 0 Å². The Morgan fingerprint density at radius 3 is 2.71 bits per heavy atom. The lowest BCUT2D eigenvalue weighted by molar-refractivity contribution is 0.0281. The van der Waals surface area contributed by atoms with E-state index in [9.17, 15) is 8.42 Å². The summed E-state index contributed by atoms with van der Waals surface area (Å²) in [5.41, 5.74) is 0. The first-order valence-corrected chi connectivity index (χ1v) is 12.1. The fourth-order valence-electron chi connectivity index (χ4n) is 2.93. The summed E-state index contributed by atoms with van der Waals surface area (Å²) in [7, 11) is -3.41. The van der Waals surface area contributed by atoms with E-state index in [0.29, 0.717) is 35.9 Å². The Bertz CT molecular complexity index is 648. The van der Waals surface area contributed by atoms with Gasteiger partial charge in [0.15, 0.2) is 5.96 Å². The van der Waals surface area contributed by atoms with Gasteiger partial charge in [-0.25, -0.2) is 13.1 Å². The second kappa shape index (κ2) is 14.5. The molecule has 1 aromatic rings. The van der Waals surface area contributed by atoms with E-state index in [4.69, 9.17) is 4.74 Å². The van der Waals surface area contributed by atoms with Gasteiger partial charge in [-0.15, -0.1) is 35.3 Å². The van der Waals surface area contributed by atoms with Crippen molar-refractivity contribution in [2.24, 2.45) is 4.99 Å². The Hall–Kier alpha value is -0.430. The van der Waals surface area contributed by atoms with Crippen molar-refractivity contribution in [1.29, 1.82) is 0 Å². The number of nitrogens with one attached hydrogen (secondary N) is 3. The third kappa shape index (κ3) is 9.86. The Kier molecular flexibility index (Phi) is 13.3. The average Bonchev–Trinajstić information content (AvgIpc) is 3.21. The minimum Gasteiger partial charge on any atom is -0.378 e. The minimum atomic E-state index is -3.41. The molecule has 0 saturated heterocycles. The number of halogens is 1. The zero-order chi connectivity index (χ0) is 19.4. The van der Waals surface area contributed by atoms with E-state index in [-0.39, 0.29) is 24.0 Å². The molecule has 0 amide bonds. The molecule has 10 heteroatoms. The predicted molar refractivity (Wildman–Crippen MR) is 126 cm³/mol. The Morgan fingerprint density at radius 1 is 1.25 bits per heavy atom. The molecule has 28 heavy (non-hydrogen) atoms. The van der Waals surface area contributed by atoms with Crippen LogP contribution in [0.4, 0.5) is 0 Å². The maximum Gasteiger partial charge on any atom is 0.250 e. The molecule has 1 saturated carbocycles. The first kappa shape index (κ1) is 25.6. The van der Waals surface area contributed by atoms with Crippen LogP contribution < -0.4 is 15.4 Å². The van der Waals surface area contributed by atoms with Gasteiger partial charge in [0.1, 0.15) is 4.21 Å². The molecule has 1 aliphatic carbocycles. The maximum atomic E-state index is 12.0. The summed E-state index contributed by atoms with van der Waals surface area (Å²) < 4.78 is 32.9. The van der Waals surface area contributed by atoms with Gasteiger partial charge in [0.05, 0.1) is 6.10 Å². The molecule has 7 nitrogen and oxygen atoms in total. The molecule has 0 unspecified atom stereocenters. The fraction of sp³-hybridized carbons (Fsp3) is 0.722.